The average Bonchev–Trinajstić information content (AvgIpc) is 2.89. The van der Waals surface area contributed by atoms with Crippen LogP contribution < -0.4 is 4.74 Å². The van der Waals surface area contributed by atoms with Crippen molar-refractivity contribution in [3.8, 4) is 17.6 Å². The number of pyridine rings is 1. The third kappa shape index (κ3) is 7.33. The summed E-state index contributed by atoms with van der Waals surface area (Å²) in [5.41, 5.74) is 4.81. The predicted molar refractivity (Wildman–Crippen MR) is 149 cm³/mol. The summed E-state index contributed by atoms with van der Waals surface area (Å²) in [4.78, 5) is 18.0. The van der Waals surface area contributed by atoms with Gasteiger partial charge in [0.25, 0.3) is 0 Å². The van der Waals surface area contributed by atoms with E-state index in [2.05, 4.69) is 53.8 Å². The lowest BCUT2D eigenvalue weighted by atomic mass is 9.79. The molecule has 1 unspecified atom stereocenters. The van der Waals surface area contributed by atoms with Gasteiger partial charge in [0.05, 0.1) is 19.2 Å². The van der Waals surface area contributed by atoms with Crippen molar-refractivity contribution in [1.29, 1.82) is 0 Å². The number of carbonyl (C=O) groups is 1. The first-order chi connectivity index (χ1) is 18.3. The lowest BCUT2D eigenvalue weighted by molar-refractivity contribution is -0.137. The van der Waals surface area contributed by atoms with Crippen molar-refractivity contribution in [3.63, 3.8) is 0 Å². The van der Waals surface area contributed by atoms with Gasteiger partial charge in [-0.3, -0.25) is 14.7 Å². The Labute approximate surface area is 225 Å². The van der Waals surface area contributed by atoms with E-state index in [1.807, 2.05) is 18.2 Å². The minimum Gasteiger partial charge on any atom is -0.497 e. The van der Waals surface area contributed by atoms with Gasteiger partial charge in [-0.05, 0) is 111 Å². The summed E-state index contributed by atoms with van der Waals surface area (Å²) in [6.07, 6.45) is 3.33. The second kappa shape index (κ2) is 12.9. The maximum atomic E-state index is 15.6. The molecule has 0 bridgehead atoms. The summed E-state index contributed by atoms with van der Waals surface area (Å²) < 4.78 is 20.9. The Morgan fingerprint density at radius 1 is 1.16 bits per heavy atom. The zero-order valence-electron chi connectivity index (χ0n) is 22.5. The summed E-state index contributed by atoms with van der Waals surface area (Å²) in [6, 6.07) is 13.6. The van der Waals surface area contributed by atoms with Gasteiger partial charge in [0, 0.05) is 30.1 Å². The lowest BCUT2D eigenvalue weighted by Gasteiger charge is -2.38. The molecule has 3 atom stereocenters. The molecule has 1 N–H and O–H groups in total. The SMILES string of the molecule is COc1ccc2nccc(C(F)CC[C@@H]3CCN(CC#Cc4cc(C)cc(C)c4)C[C@@H]3CCC(=O)O)c2c1. The topological polar surface area (TPSA) is 62.7 Å². The van der Waals surface area contributed by atoms with Gasteiger partial charge in [-0.25, -0.2) is 4.39 Å². The molecule has 5 nitrogen and oxygen atoms in total. The van der Waals surface area contributed by atoms with Crippen LogP contribution >= 0.6 is 0 Å². The second-order valence-electron chi connectivity index (χ2n) is 10.5. The third-order valence-electron chi connectivity index (χ3n) is 7.57. The fourth-order valence-corrected chi connectivity index (χ4v) is 5.68. The Morgan fingerprint density at radius 3 is 2.68 bits per heavy atom. The van der Waals surface area contributed by atoms with Crippen LogP contribution in [0, 0.1) is 37.5 Å². The van der Waals surface area contributed by atoms with Gasteiger partial charge in [0.2, 0.25) is 0 Å². The molecule has 0 spiro atoms. The van der Waals surface area contributed by atoms with Gasteiger partial charge in [0.1, 0.15) is 11.9 Å². The molecule has 0 aliphatic carbocycles. The number of aliphatic carboxylic acids is 1. The van der Waals surface area contributed by atoms with E-state index in [4.69, 9.17) is 4.74 Å². The van der Waals surface area contributed by atoms with Crippen LogP contribution in [0.2, 0.25) is 0 Å². The van der Waals surface area contributed by atoms with Crippen LogP contribution in [0.3, 0.4) is 0 Å². The number of nitrogens with zero attached hydrogens (tertiary/aromatic N) is 2. The molecule has 1 fully saturated rings. The summed E-state index contributed by atoms with van der Waals surface area (Å²) in [5.74, 6) is 6.99. The van der Waals surface area contributed by atoms with E-state index in [0.29, 0.717) is 36.6 Å². The summed E-state index contributed by atoms with van der Waals surface area (Å²) in [7, 11) is 1.60. The molecule has 1 aliphatic heterocycles. The molecular formula is C32H37FN2O3. The Kier molecular flexibility index (Phi) is 9.36. The zero-order chi connectivity index (χ0) is 27.1. The number of fused-ring (bicyclic) bond motifs is 1. The van der Waals surface area contributed by atoms with Crippen molar-refractivity contribution in [3.05, 3.63) is 70.9 Å². The number of aryl methyl sites for hydroxylation is 2. The van der Waals surface area contributed by atoms with Crippen molar-refractivity contribution in [2.75, 3.05) is 26.7 Å². The zero-order valence-corrected chi connectivity index (χ0v) is 22.5. The van der Waals surface area contributed by atoms with Crippen LogP contribution in [0.5, 0.6) is 5.75 Å². The Hall–Kier alpha value is -3.43. The Bertz CT molecular complexity index is 1310. The van der Waals surface area contributed by atoms with Crippen molar-refractivity contribution in [2.45, 2.75) is 52.1 Å². The number of hydrogen-bond acceptors (Lipinski definition) is 4. The van der Waals surface area contributed by atoms with Gasteiger partial charge in [-0.15, -0.1) is 0 Å². The molecule has 4 rings (SSSR count). The molecule has 6 heteroatoms. The molecule has 0 saturated carbocycles. The maximum absolute atomic E-state index is 15.6. The number of rotatable bonds is 9. The molecule has 1 aromatic heterocycles. The monoisotopic (exact) mass is 516 g/mol. The summed E-state index contributed by atoms with van der Waals surface area (Å²) >= 11 is 0. The molecule has 0 radical (unpaired) electrons. The number of hydrogen-bond donors (Lipinski definition) is 1. The molecule has 0 amide bonds. The molecule has 38 heavy (non-hydrogen) atoms. The third-order valence-corrected chi connectivity index (χ3v) is 7.57. The highest BCUT2D eigenvalue weighted by Gasteiger charge is 2.30. The van der Waals surface area contributed by atoms with E-state index in [9.17, 15) is 9.90 Å². The smallest absolute Gasteiger partial charge is 0.303 e. The van der Waals surface area contributed by atoms with Crippen LogP contribution in [0.15, 0.2) is 48.7 Å². The van der Waals surface area contributed by atoms with Crippen molar-refractivity contribution < 1.29 is 19.0 Å². The van der Waals surface area contributed by atoms with Crippen LogP contribution in [0.1, 0.15) is 60.5 Å². The standard InChI is InChI=1S/C32H37FN2O3/c1-22-17-23(2)19-24(18-22)5-4-15-35-16-13-25(26(21-35)7-11-32(36)37)6-9-30(33)28-12-14-34-31-10-8-27(38-3)20-29(28)31/h8,10,12,14,17-20,25-26,30H,6-7,9,11,13,15-16,21H2,1-3H3,(H,36,37)/t25-,26+,30?/m1/s1. The van der Waals surface area contributed by atoms with E-state index < -0.39 is 12.1 Å². The fourth-order valence-electron chi connectivity index (χ4n) is 5.68. The number of benzene rings is 2. The second-order valence-corrected chi connectivity index (χ2v) is 10.5. The van der Waals surface area contributed by atoms with E-state index in [0.717, 1.165) is 42.4 Å². The minimum absolute atomic E-state index is 0.136. The van der Waals surface area contributed by atoms with E-state index in [1.54, 1.807) is 19.4 Å². The van der Waals surface area contributed by atoms with E-state index >= 15 is 4.39 Å². The van der Waals surface area contributed by atoms with Gasteiger partial charge >= 0.3 is 5.97 Å². The quantitative estimate of drug-likeness (QED) is 0.329. The van der Waals surface area contributed by atoms with Gasteiger partial charge in [-0.2, -0.15) is 0 Å². The highest BCUT2D eigenvalue weighted by Crippen LogP contribution is 2.36. The van der Waals surface area contributed by atoms with Crippen molar-refractivity contribution >= 4 is 16.9 Å². The normalized spacial score (nSPS) is 18.5. The minimum atomic E-state index is -1.12. The maximum Gasteiger partial charge on any atom is 0.303 e. The average molecular weight is 517 g/mol. The molecule has 2 heterocycles. The predicted octanol–water partition coefficient (Wildman–Crippen LogP) is 6.51. The number of piperidine rings is 1. The number of carboxylic acids is 1. The number of halogens is 1. The van der Waals surface area contributed by atoms with Gasteiger partial charge in [-0.1, -0.05) is 17.9 Å². The molecule has 1 saturated heterocycles. The number of methoxy groups -OCH3 is 1. The first kappa shape index (κ1) is 27.6. The molecular weight excluding hydrogens is 479 g/mol. The largest absolute Gasteiger partial charge is 0.497 e. The van der Waals surface area contributed by atoms with Crippen LogP contribution in [-0.2, 0) is 4.79 Å². The molecule has 3 aromatic rings. The van der Waals surface area contributed by atoms with E-state index in [-0.39, 0.29) is 12.3 Å². The first-order valence-corrected chi connectivity index (χ1v) is 13.4. The number of aromatic nitrogens is 1. The number of alkyl halides is 1. The van der Waals surface area contributed by atoms with Crippen molar-refractivity contribution in [1.82, 2.24) is 9.88 Å². The van der Waals surface area contributed by atoms with Crippen LogP contribution in [0.4, 0.5) is 4.39 Å². The van der Waals surface area contributed by atoms with Crippen LogP contribution in [-0.4, -0.2) is 47.7 Å². The van der Waals surface area contributed by atoms with Crippen LogP contribution in [0.25, 0.3) is 10.9 Å². The van der Waals surface area contributed by atoms with Gasteiger partial charge < -0.3 is 9.84 Å². The lowest BCUT2D eigenvalue weighted by Crippen LogP contribution is -2.41. The first-order valence-electron chi connectivity index (χ1n) is 13.4. The number of likely N-dealkylation sites (tertiary alicyclic amines) is 1. The Balaban J connectivity index is 1.40. The highest BCUT2D eigenvalue weighted by atomic mass is 19.1. The fraction of sp³-hybridized carbons (Fsp3) is 0.438. The molecule has 1 aliphatic rings. The Morgan fingerprint density at radius 2 is 1.95 bits per heavy atom. The van der Waals surface area contributed by atoms with Gasteiger partial charge in [0.15, 0.2) is 0 Å². The van der Waals surface area contributed by atoms with E-state index in [1.165, 1.54) is 11.1 Å². The highest BCUT2D eigenvalue weighted by molar-refractivity contribution is 5.83. The summed E-state index contributed by atoms with van der Waals surface area (Å²) in [5, 5.41) is 10.1. The summed E-state index contributed by atoms with van der Waals surface area (Å²) in [6.45, 7) is 6.49. The number of ether oxygens (including phenoxy) is 1. The molecule has 2 aromatic carbocycles. The van der Waals surface area contributed by atoms with Crippen molar-refractivity contribution in [2.24, 2.45) is 11.8 Å². The molecule has 200 valence electrons. The number of carboxylic acid groups (broad SMARTS) is 1.